The normalized spacial score (nSPS) is 12.0. The minimum absolute atomic E-state index is 0.164. The number of carbonyl (C=O) groups excluding carboxylic acids is 1. The van der Waals surface area contributed by atoms with Crippen LogP contribution in [0.3, 0.4) is 0 Å². The van der Waals surface area contributed by atoms with Gasteiger partial charge in [0.25, 0.3) is 0 Å². The zero-order valence-electron chi connectivity index (χ0n) is 14.0. The highest BCUT2D eigenvalue weighted by Gasteiger charge is 2.28. The number of ether oxygens (including phenoxy) is 2. The third-order valence-corrected chi connectivity index (χ3v) is 3.64. The van der Waals surface area contributed by atoms with E-state index in [1.54, 1.807) is 32.9 Å². The number of hydrogen-bond donors (Lipinski definition) is 0. The lowest BCUT2D eigenvalue weighted by Crippen LogP contribution is -2.36. The van der Waals surface area contributed by atoms with Gasteiger partial charge in [0.15, 0.2) is 6.61 Å². The summed E-state index contributed by atoms with van der Waals surface area (Å²) in [5, 5.41) is 0. The van der Waals surface area contributed by atoms with Gasteiger partial charge < -0.3 is 14.4 Å². The molecular formula is C16H21F3INO3. The lowest BCUT2D eigenvalue weighted by atomic mass is 10.2. The summed E-state index contributed by atoms with van der Waals surface area (Å²) in [4.78, 5) is 13.6. The van der Waals surface area contributed by atoms with Gasteiger partial charge in [-0.2, -0.15) is 13.2 Å². The van der Waals surface area contributed by atoms with Crippen LogP contribution in [-0.4, -0.2) is 35.9 Å². The van der Waals surface area contributed by atoms with Gasteiger partial charge in [-0.25, -0.2) is 4.79 Å². The number of rotatable bonds is 5. The second kappa shape index (κ2) is 8.26. The first-order valence-electron chi connectivity index (χ1n) is 7.37. The predicted octanol–water partition coefficient (Wildman–Crippen LogP) is 4.99. The van der Waals surface area contributed by atoms with Gasteiger partial charge in [-0.3, -0.25) is 0 Å². The van der Waals surface area contributed by atoms with E-state index in [-0.39, 0.29) is 5.75 Å². The average molecular weight is 459 g/mol. The van der Waals surface area contributed by atoms with Crippen LogP contribution in [0.4, 0.5) is 18.0 Å². The molecule has 0 spiro atoms. The Balaban J connectivity index is 2.77. The lowest BCUT2D eigenvalue weighted by Gasteiger charge is -2.26. The second-order valence-electron chi connectivity index (χ2n) is 6.16. The van der Waals surface area contributed by atoms with Gasteiger partial charge >= 0.3 is 12.3 Å². The van der Waals surface area contributed by atoms with E-state index < -0.39 is 24.5 Å². The number of alkyl halides is 3. The molecular weight excluding hydrogens is 438 g/mol. The fourth-order valence-electron chi connectivity index (χ4n) is 1.77. The minimum Gasteiger partial charge on any atom is -0.483 e. The highest BCUT2D eigenvalue weighted by Crippen LogP contribution is 2.25. The Bertz CT molecular complexity index is 571. The molecule has 24 heavy (non-hydrogen) atoms. The maximum atomic E-state index is 12.2. The van der Waals surface area contributed by atoms with E-state index in [4.69, 9.17) is 9.47 Å². The Kier molecular flexibility index (Phi) is 7.18. The van der Waals surface area contributed by atoms with Gasteiger partial charge in [0.2, 0.25) is 0 Å². The lowest BCUT2D eigenvalue weighted by molar-refractivity contribution is -0.153. The molecule has 0 unspecified atom stereocenters. The number of halogens is 4. The second-order valence-corrected chi connectivity index (χ2v) is 7.33. The molecule has 0 aliphatic heterocycles. The zero-order chi connectivity index (χ0) is 18.5. The third-order valence-electron chi connectivity index (χ3n) is 2.79. The highest BCUT2D eigenvalue weighted by atomic mass is 127. The summed E-state index contributed by atoms with van der Waals surface area (Å²) >= 11 is 1.91. The molecule has 8 heteroatoms. The van der Waals surface area contributed by atoms with Gasteiger partial charge in [-0.15, -0.1) is 0 Å². The summed E-state index contributed by atoms with van der Waals surface area (Å²) in [6, 6.07) is 4.81. The summed E-state index contributed by atoms with van der Waals surface area (Å²) in [5.41, 5.74) is 0.195. The van der Waals surface area contributed by atoms with Crippen molar-refractivity contribution < 1.29 is 27.4 Å². The Morgan fingerprint density at radius 2 is 1.88 bits per heavy atom. The van der Waals surface area contributed by atoms with Crippen LogP contribution in [-0.2, 0) is 11.3 Å². The maximum absolute atomic E-state index is 12.2. The van der Waals surface area contributed by atoms with E-state index in [0.29, 0.717) is 16.7 Å². The number of amides is 1. The third kappa shape index (κ3) is 7.59. The first-order valence-corrected chi connectivity index (χ1v) is 8.45. The summed E-state index contributed by atoms with van der Waals surface area (Å²) in [7, 11) is 0. The van der Waals surface area contributed by atoms with Gasteiger partial charge in [-0.1, -0.05) is 6.07 Å². The molecule has 4 nitrogen and oxygen atoms in total. The molecule has 0 atom stereocenters. The predicted molar refractivity (Wildman–Crippen MR) is 93.0 cm³/mol. The van der Waals surface area contributed by atoms with Crippen LogP contribution in [0.2, 0.25) is 0 Å². The molecule has 0 aromatic heterocycles. The Labute approximate surface area is 153 Å². The van der Waals surface area contributed by atoms with Gasteiger partial charge in [0, 0.05) is 13.1 Å². The molecule has 0 N–H and O–H groups in total. The van der Waals surface area contributed by atoms with E-state index in [0.717, 1.165) is 5.56 Å². The van der Waals surface area contributed by atoms with Crippen LogP contribution in [0.25, 0.3) is 0 Å². The van der Waals surface area contributed by atoms with Crippen LogP contribution >= 0.6 is 22.6 Å². The van der Waals surface area contributed by atoms with Crippen molar-refractivity contribution in [1.29, 1.82) is 0 Å². The van der Waals surface area contributed by atoms with Crippen molar-refractivity contribution in [3.63, 3.8) is 0 Å². The molecule has 136 valence electrons. The Morgan fingerprint density at radius 3 is 2.33 bits per heavy atom. The molecule has 0 heterocycles. The van der Waals surface area contributed by atoms with Gasteiger partial charge in [-0.05, 0) is 68.0 Å². The minimum atomic E-state index is -4.38. The summed E-state index contributed by atoms with van der Waals surface area (Å²) < 4.78 is 47.3. The molecule has 0 radical (unpaired) electrons. The first-order chi connectivity index (χ1) is 10.9. The average Bonchev–Trinajstić information content (AvgIpc) is 2.40. The molecule has 0 fully saturated rings. The van der Waals surface area contributed by atoms with E-state index in [1.165, 1.54) is 11.0 Å². The number of carbonyl (C=O) groups is 1. The van der Waals surface area contributed by atoms with Crippen molar-refractivity contribution in [2.75, 3.05) is 13.2 Å². The molecule has 1 aromatic carbocycles. The van der Waals surface area contributed by atoms with E-state index in [9.17, 15) is 18.0 Å². The van der Waals surface area contributed by atoms with E-state index >= 15 is 0 Å². The Morgan fingerprint density at radius 1 is 1.25 bits per heavy atom. The summed E-state index contributed by atoms with van der Waals surface area (Å²) in [5.74, 6) is 0.164. The van der Waals surface area contributed by atoms with Crippen molar-refractivity contribution in [2.45, 2.75) is 46.0 Å². The van der Waals surface area contributed by atoms with Crippen molar-refractivity contribution >= 4 is 28.7 Å². The van der Waals surface area contributed by atoms with Crippen LogP contribution in [0.15, 0.2) is 18.2 Å². The topological polar surface area (TPSA) is 38.8 Å². The van der Waals surface area contributed by atoms with Crippen LogP contribution < -0.4 is 4.74 Å². The number of benzene rings is 1. The van der Waals surface area contributed by atoms with Crippen LogP contribution in [0.1, 0.15) is 33.3 Å². The number of hydrogen-bond acceptors (Lipinski definition) is 3. The molecule has 0 bridgehead atoms. The van der Waals surface area contributed by atoms with Crippen LogP contribution in [0, 0.1) is 3.57 Å². The summed E-state index contributed by atoms with van der Waals surface area (Å²) in [6.07, 6.45) is -4.81. The quantitative estimate of drug-likeness (QED) is 0.583. The Hall–Kier alpha value is -1.19. The fourth-order valence-corrected chi connectivity index (χ4v) is 2.51. The molecule has 1 aromatic rings. The van der Waals surface area contributed by atoms with Crippen LogP contribution in [0.5, 0.6) is 5.75 Å². The van der Waals surface area contributed by atoms with E-state index in [2.05, 4.69) is 0 Å². The highest BCUT2D eigenvalue weighted by molar-refractivity contribution is 14.1. The first kappa shape index (κ1) is 20.9. The summed E-state index contributed by atoms with van der Waals surface area (Å²) in [6.45, 7) is 6.62. The SMILES string of the molecule is CCN(Cc1ccc(OCC(F)(F)F)c(I)c1)C(=O)OC(C)(C)C. The van der Waals surface area contributed by atoms with E-state index in [1.807, 2.05) is 29.5 Å². The molecule has 0 saturated carbocycles. The molecule has 0 saturated heterocycles. The number of nitrogens with zero attached hydrogens (tertiary/aromatic N) is 1. The zero-order valence-corrected chi connectivity index (χ0v) is 16.2. The molecule has 0 aliphatic rings. The van der Waals surface area contributed by atoms with Crippen molar-refractivity contribution in [2.24, 2.45) is 0 Å². The molecule has 1 amide bonds. The van der Waals surface area contributed by atoms with Gasteiger partial charge in [0.05, 0.1) is 3.57 Å². The standard InChI is InChI=1S/C16H21F3INO3/c1-5-21(14(22)24-15(2,3)4)9-11-6-7-13(12(20)8-11)23-10-16(17,18)19/h6-8H,5,9-10H2,1-4H3. The largest absolute Gasteiger partial charge is 0.483 e. The van der Waals surface area contributed by atoms with Crippen molar-refractivity contribution in [3.05, 3.63) is 27.3 Å². The van der Waals surface area contributed by atoms with Gasteiger partial charge in [0.1, 0.15) is 11.4 Å². The monoisotopic (exact) mass is 459 g/mol. The smallest absolute Gasteiger partial charge is 0.422 e. The van der Waals surface area contributed by atoms with Crippen molar-refractivity contribution in [3.8, 4) is 5.75 Å². The fraction of sp³-hybridized carbons (Fsp3) is 0.562. The maximum Gasteiger partial charge on any atom is 0.422 e. The van der Waals surface area contributed by atoms with Crippen molar-refractivity contribution in [1.82, 2.24) is 4.90 Å². The molecule has 0 aliphatic carbocycles. The molecule has 1 rings (SSSR count).